The molecule has 0 saturated carbocycles. The highest BCUT2D eigenvalue weighted by Crippen LogP contribution is 2.19. The van der Waals surface area contributed by atoms with Gasteiger partial charge in [0.15, 0.2) is 0 Å². The Balaban J connectivity index is 2.75. The number of benzene rings is 1. The lowest BCUT2D eigenvalue weighted by Crippen LogP contribution is -2.18. The van der Waals surface area contributed by atoms with E-state index in [1.165, 1.54) is 31.3 Å². The molecular formula is C10H10N2O4S. The van der Waals surface area contributed by atoms with Crippen molar-refractivity contribution in [1.29, 1.82) is 0 Å². The van der Waals surface area contributed by atoms with E-state index in [1.807, 2.05) is 0 Å². The average molecular weight is 254 g/mol. The summed E-state index contributed by atoms with van der Waals surface area (Å²) < 4.78 is 30.2. The van der Waals surface area contributed by atoms with Gasteiger partial charge >= 0.3 is 5.63 Å². The zero-order valence-electron chi connectivity index (χ0n) is 8.93. The number of hydrogen-bond donors (Lipinski definition) is 2. The molecule has 1 heterocycles. The summed E-state index contributed by atoms with van der Waals surface area (Å²) in [7, 11) is -2.20. The molecule has 0 saturated heterocycles. The highest BCUT2D eigenvalue weighted by Gasteiger charge is 2.12. The maximum absolute atomic E-state index is 11.6. The first-order chi connectivity index (χ1) is 7.94. The molecule has 0 bridgehead atoms. The SMILES string of the molecule is CNS(=O)(=O)c1ccc2oc(=O)c(N)cc2c1. The van der Waals surface area contributed by atoms with Crippen molar-refractivity contribution in [1.82, 2.24) is 4.72 Å². The van der Waals surface area contributed by atoms with Crippen LogP contribution in [0.1, 0.15) is 0 Å². The summed E-state index contributed by atoms with van der Waals surface area (Å²) in [4.78, 5) is 11.2. The van der Waals surface area contributed by atoms with Gasteiger partial charge < -0.3 is 10.2 Å². The van der Waals surface area contributed by atoms with E-state index in [0.29, 0.717) is 11.0 Å². The van der Waals surface area contributed by atoms with E-state index in [4.69, 9.17) is 10.2 Å². The second-order valence-electron chi connectivity index (χ2n) is 3.40. The van der Waals surface area contributed by atoms with E-state index < -0.39 is 15.6 Å². The van der Waals surface area contributed by atoms with E-state index in [-0.39, 0.29) is 10.6 Å². The topological polar surface area (TPSA) is 102 Å². The van der Waals surface area contributed by atoms with Crippen LogP contribution in [-0.4, -0.2) is 15.5 Å². The van der Waals surface area contributed by atoms with Gasteiger partial charge in [-0.25, -0.2) is 17.9 Å². The number of fused-ring (bicyclic) bond motifs is 1. The Morgan fingerprint density at radius 2 is 2.00 bits per heavy atom. The van der Waals surface area contributed by atoms with Gasteiger partial charge in [-0.15, -0.1) is 0 Å². The molecule has 2 aromatic rings. The third-order valence-corrected chi connectivity index (χ3v) is 3.72. The van der Waals surface area contributed by atoms with Gasteiger partial charge in [0.05, 0.1) is 4.90 Å². The van der Waals surface area contributed by atoms with Gasteiger partial charge in [-0.05, 0) is 31.3 Å². The Morgan fingerprint density at radius 3 is 2.65 bits per heavy atom. The van der Waals surface area contributed by atoms with E-state index in [9.17, 15) is 13.2 Å². The smallest absolute Gasteiger partial charge is 0.359 e. The molecule has 2 rings (SSSR count). The fourth-order valence-corrected chi connectivity index (χ4v) is 2.17. The monoisotopic (exact) mass is 254 g/mol. The molecular weight excluding hydrogens is 244 g/mol. The lowest BCUT2D eigenvalue weighted by Gasteiger charge is -2.03. The van der Waals surface area contributed by atoms with E-state index in [2.05, 4.69) is 4.72 Å². The molecule has 3 N–H and O–H groups in total. The van der Waals surface area contributed by atoms with Crippen molar-refractivity contribution in [3.8, 4) is 0 Å². The van der Waals surface area contributed by atoms with E-state index in [1.54, 1.807) is 0 Å². The van der Waals surface area contributed by atoms with E-state index >= 15 is 0 Å². The van der Waals surface area contributed by atoms with Gasteiger partial charge in [0.2, 0.25) is 10.0 Å². The van der Waals surface area contributed by atoms with Crippen LogP contribution in [0.15, 0.2) is 38.4 Å². The van der Waals surface area contributed by atoms with Crippen molar-refractivity contribution >= 4 is 26.7 Å². The molecule has 1 aromatic carbocycles. The maximum Gasteiger partial charge on any atom is 0.359 e. The average Bonchev–Trinajstić information content (AvgIpc) is 2.30. The van der Waals surface area contributed by atoms with Crippen molar-refractivity contribution in [2.45, 2.75) is 4.90 Å². The molecule has 0 aliphatic rings. The Morgan fingerprint density at radius 1 is 1.29 bits per heavy atom. The zero-order valence-corrected chi connectivity index (χ0v) is 9.74. The van der Waals surface area contributed by atoms with Crippen LogP contribution < -0.4 is 16.1 Å². The number of sulfonamides is 1. The summed E-state index contributed by atoms with van der Waals surface area (Å²) in [5.74, 6) is 0. The fraction of sp³-hybridized carbons (Fsp3) is 0.100. The van der Waals surface area contributed by atoms with E-state index in [0.717, 1.165) is 0 Å². The molecule has 0 aliphatic carbocycles. The second kappa shape index (κ2) is 3.86. The molecule has 0 atom stereocenters. The summed E-state index contributed by atoms with van der Waals surface area (Å²) in [5, 5.41) is 0.457. The lowest BCUT2D eigenvalue weighted by atomic mass is 10.2. The summed E-state index contributed by atoms with van der Waals surface area (Å²) in [6.07, 6.45) is 0. The van der Waals surface area contributed by atoms with Crippen LogP contribution >= 0.6 is 0 Å². The van der Waals surface area contributed by atoms with Crippen LogP contribution in [0.2, 0.25) is 0 Å². The highest BCUT2D eigenvalue weighted by atomic mass is 32.2. The molecule has 0 spiro atoms. The van der Waals surface area contributed by atoms with Gasteiger partial charge in [0, 0.05) is 5.39 Å². The minimum Gasteiger partial charge on any atom is -0.421 e. The highest BCUT2D eigenvalue weighted by molar-refractivity contribution is 7.89. The largest absolute Gasteiger partial charge is 0.421 e. The molecule has 90 valence electrons. The standard InChI is InChI=1S/C10H10N2O4S/c1-12-17(14,15)7-2-3-9-6(4-7)5-8(11)10(13)16-9/h2-5,12H,11H2,1H3. The van der Waals surface area contributed by atoms with Crippen molar-refractivity contribution in [2.75, 3.05) is 12.8 Å². The predicted molar refractivity (Wildman–Crippen MR) is 63.1 cm³/mol. The Hall–Kier alpha value is -1.86. The van der Waals surface area contributed by atoms with Crippen molar-refractivity contribution < 1.29 is 12.8 Å². The van der Waals surface area contributed by atoms with Gasteiger partial charge in [-0.2, -0.15) is 0 Å². The minimum atomic E-state index is -3.52. The Bertz CT molecular complexity index is 734. The summed E-state index contributed by atoms with van der Waals surface area (Å²) in [5.41, 5.74) is 5.00. The quantitative estimate of drug-likeness (QED) is 0.749. The number of rotatable bonds is 2. The van der Waals surface area contributed by atoms with Gasteiger partial charge in [0.25, 0.3) is 0 Å². The van der Waals surface area contributed by atoms with Gasteiger partial charge in [-0.1, -0.05) is 0 Å². The van der Waals surface area contributed by atoms with Crippen molar-refractivity contribution in [3.05, 3.63) is 34.7 Å². The molecule has 1 aromatic heterocycles. The lowest BCUT2D eigenvalue weighted by molar-refractivity contribution is 0.564. The molecule has 6 nitrogen and oxygen atoms in total. The number of nitrogen functional groups attached to an aromatic ring is 1. The number of nitrogens with one attached hydrogen (secondary N) is 1. The second-order valence-corrected chi connectivity index (χ2v) is 5.28. The minimum absolute atomic E-state index is 0.0588. The van der Waals surface area contributed by atoms with Gasteiger partial charge in [0.1, 0.15) is 11.3 Å². The Kier molecular flexibility index (Phi) is 2.64. The first-order valence-corrected chi connectivity index (χ1v) is 6.19. The van der Waals surface area contributed by atoms with Crippen LogP contribution in [-0.2, 0) is 10.0 Å². The van der Waals surface area contributed by atoms with Gasteiger partial charge in [-0.3, -0.25) is 0 Å². The summed E-state index contributed by atoms with van der Waals surface area (Å²) in [6.45, 7) is 0. The fourth-order valence-electron chi connectivity index (χ4n) is 1.40. The first kappa shape index (κ1) is 11.6. The summed E-state index contributed by atoms with van der Waals surface area (Å²) >= 11 is 0. The number of hydrogen-bond acceptors (Lipinski definition) is 5. The van der Waals surface area contributed by atoms with Crippen LogP contribution in [0.5, 0.6) is 0 Å². The predicted octanol–water partition coefficient (Wildman–Crippen LogP) is 0.283. The van der Waals surface area contributed by atoms with Crippen molar-refractivity contribution in [3.63, 3.8) is 0 Å². The van der Waals surface area contributed by atoms with Crippen LogP contribution in [0.4, 0.5) is 5.69 Å². The van der Waals surface area contributed by atoms with Crippen LogP contribution in [0.25, 0.3) is 11.0 Å². The molecule has 0 unspecified atom stereocenters. The number of nitrogens with two attached hydrogens (primary N) is 1. The molecule has 0 amide bonds. The first-order valence-electron chi connectivity index (χ1n) is 4.71. The third-order valence-electron chi connectivity index (χ3n) is 2.31. The normalized spacial score (nSPS) is 11.8. The zero-order chi connectivity index (χ0) is 12.6. The molecule has 17 heavy (non-hydrogen) atoms. The number of anilines is 1. The molecule has 0 radical (unpaired) electrons. The summed E-state index contributed by atoms with van der Waals surface area (Å²) in [6, 6.07) is 5.55. The molecule has 7 heteroatoms. The van der Waals surface area contributed by atoms with Crippen LogP contribution in [0, 0.1) is 0 Å². The third kappa shape index (κ3) is 2.02. The molecule has 0 aliphatic heterocycles. The molecule has 0 fully saturated rings. The van der Waals surface area contributed by atoms with Crippen molar-refractivity contribution in [2.24, 2.45) is 0 Å². The maximum atomic E-state index is 11.6. The van der Waals surface area contributed by atoms with Crippen LogP contribution in [0.3, 0.4) is 0 Å². The Labute approximate surface area is 97.1 Å².